The Morgan fingerprint density at radius 1 is 1.14 bits per heavy atom. The second-order valence-corrected chi connectivity index (χ2v) is 7.13. The molecule has 0 saturated carbocycles. The highest BCUT2D eigenvalue weighted by atomic mass is 16.5. The average Bonchev–Trinajstić information content (AvgIpc) is 3.17. The molecule has 3 aromatic rings. The number of nitrogens with one attached hydrogen (secondary N) is 1. The monoisotopic (exact) mass is 378 g/mol. The Balaban J connectivity index is 1.52. The predicted molar refractivity (Wildman–Crippen MR) is 112 cm³/mol. The van der Waals surface area contributed by atoms with Gasteiger partial charge in [0.2, 0.25) is 0 Å². The van der Waals surface area contributed by atoms with E-state index in [0.29, 0.717) is 12.4 Å². The average molecular weight is 378 g/mol. The van der Waals surface area contributed by atoms with Crippen molar-refractivity contribution >= 4 is 16.7 Å². The Bertz CT molecular complexity index is 974. The third-order valence-corrected chi connectivity index (χ3v) is 5.23. The highest BCUT2D eigenvalue weighted by Crippen LogP contribution is 2.29. The Morgan fingerprint density at radius 3 is 2.82 bits per heavy atom. The zero-order chi connectivity index (χ0) is 19.3. The zero-order valence-corrected chi connectivity index (χ0v) is 15.9. The summed E-state index contributed by atoms with van der Waals surface area (Å²) in [6.07, 6.45) is 3.94. The molecule has 2 heterocycles. The van der Waals surface area contributed by atoms with Crippen molar-refractivity contribution in [3.8, 4) is 17.0 Å². The minimum atomic E-state index is 0.295. The molecule has 7 heteroatoms. The van der Waals surface area contributed by atoms with Gasteiger partial charge in [0, 0.05) is 23.1 Å². The first-order chi connectivity index (χ1) is 13.7. The molecule has 7 nitrogen and oxygen atoms in total. The quantitative estimate of drug-likeness (QED) is 0.265. The van der Waals surface area contributed by atoms with E-state index < -0.39 is 0 Å². The predicted octanol–water partition coefficient (Wildman–Crippen LogP) is 2.67. The van der Waals surface area contributed by atoms with E-state index in [1.54, 1.807) is 0 Å². The van der Waals surface area contributed by atoms with Gasteiger partial charge >= 0.3 is 0 Å². The van der Waals surface area contributed by atoms with Crippen LogP contribution in [0.1, 0.15) is 24.8 Å². The normalized spacial score (nSPS) is 15.8. The van der Waals surface area contributed by atoms with Crippen LogP contribution >= 0.6 is 0 Å². The maximum atomic E-state index is 6.00. The van der Waals surface area contributed by atoms with Crippen molar-refractivity contribution in [2.24, 2.45) is 16.7 Å². The number of amidine groups is 1. The number of fused-ring (bicyclic) bond motifs is 1. The summed E-state index contributed by atoms with van der Waals surface area (Å²) in [4.78, 5) is 2.47. The molecule has 1 fully saturated rings. The number of benzene rings is 2. The lowest BCUT2D eigenvalue weighted by molar-refractivity contribution is 0.183. The summed E-state index contributed by atoms with van der Waals surface area (Å²) in [5, 5.41) is 12.1. The van der Waals surface area contributed by atoms with Gasteiger partial charge in [0.25, 0.3) is 0 Å². The highest BCUT2D eigenvalue weighted by molar-refractivity contribution is 6.03. The van der Waals surface area contributed by atoms with Gasteiger partial charge in [-0.05, 0) is 56.3 Å². The van der Waals surface area contributed by atoms with Crippen molar-refractivity contribution in [2.75, 3.05) is 26.2 Å². The lowest BCUT2D eigenvalue weighted by Crippen LogP contribution is -2.33. The molecule has 1 aliphatic heterocycles. The van der Waals surface area contributed by atoms with Gasteiger partial charge < -0.3 is 16.3 Å². The topological polar surface area (TPSA) is 106 Å². The Hall–Kier alpha value is -3.06. The first-order valence-corrected chi connectivity index (χ1v) is 9.72. The number of hydrogen-bond acceptors (Lipinski definition) is 5. The van der Waals surface area contributed by atoms with E-state index >= 15 is 0 Å². The van der Waals surface area contributed by atoms with Crippen LogP contribution in [0.2, 0.25) is 0 Å². The van der Waals surface area contributed by atoms with Gasteiger partial charge in [0.1, 0.15) is 23.9 Å². The number of likely N-dealkylation sites (tertiary alicyclic amines) is 1. The van der Waals surface area contributed by atoms with E-state index in [1.165, 1.54) is 32.4 Å². The van der Waals surface area contributed by atoms with E-state index in [0.717, 1.165) is 40.0 Å². The van der Waals surface area contributed by atoms with Gasteiger partial charge in [-0.1, -0.05) is 18.6 Å². The number of nitrogens with two attached hydrogens (primary N) is 2. The fourth-order valence-corrected chi connectivity index (χ4v) is 3.68. The van der Waals surface area contributed by atoms with Gasteiger partial charge in [-0.25, -0.2) is 0 Å². The molecule has 1 saturated heterocycles. The molecule has 0 unspecified atom stereocenters. The number of aromatic amines is 1. The molecular weight excluding hydrogens is 352 g/mol. The summed E-state index contributed by atoms with van der Waals surface area (Å²) >= 11 is 0. The summed E-state index contributed by atoms with van der Waals surface area (Å²) in [5.74, 6) is 6.46. The van der Waals surface area contributed by atoms with Gasteiger partial charge in [0.05, 0.1) is 5.52 Å². The van der Waals surface area contributed by atoms with Crippen LogP contribution in [0.3, 0.4) is 0 Å². The molecule has 5 N–H and O–H groups in total. The van der Waals surface area contributed by atoms with Crippen LogP contribution < -0.4 is 16.3 Å². The van der Waals surface area contributed by atoms with E-state index in [-0.39, 0.29) is 0 Å². The number of aromatic nitrogens is 2. The Morgan fingerprint density at radius 2 is 2.00 bits per heavy atom. The first kappa shape index (κ1) is 18.3. The maximum absolute atomic E-state index is 6.00. The van der Waals surface area contributed by atoms with Crippen LogP contribution in [0.5, 0.6) is 5.75 Å². The lowest BCUT2D eigenvalue weighted by atomic mass is 10.0. The van der Waals surface area contributed by atoms with Crippen LogP contribution in [-0.2, 0) is 0 Å². The molecule has 0 aliphatic carbocycles. The number of ether oxygens (including phenoxy) is 1. The molecular formula is C21H26N6O. The molecule has 146 valence electrons. The van der Waals surface area contributed by atoms with Crippen molar-refractivity contribution in [1.82, 2.24) is 15.1 Å². The fourth-order valence-electron chi connectivity index (χ4n) is 3.68. The third kappa shape index (κ3) is 3.94. The lowest BCUT2D eigenvalue weighted by Gasteiger charge is -2.26. The summed E-state index contributed by atoms with van der Waals surface area (Å²) in [6, 6.07) is 13.8. The molecule has 1 aliphatic rings. The minimum Gasteiger partial charge on any atom is -0.492 e. The SMILES string of the molecule is N/N=C(\N)c1ccc2[nH]nc(-c3cccc(OCCN4CCCCC4)c3)c2c1. The van der Waals surface area contributed by atoms with E-state index in [1.807, 2.05) is 42.5 Å². The first-order valence-electron chi connectivity index (χ1n) is 9.72. The molecule has 0 atom stereocenters. The van der Waals surface area contributed by atoms with Crippen molar-refractivity contribution in [1.29, 1.82) is 0 Å². The van der Waals surface area contributed by atoms with Crippen LogP contribution in [0.4, 0.5) is 0 Å². The molecule has 2 aromatic carbocycles. The largest absolute Gasteiger partial charge is 0.492 e. The Kier molecular flexibility index (Phi) is 5.43. The van der Waals surface area contributed by atoms with Gasteiger partial charge in [-0.2, -0.15) is 10.2 Å². The number of piperidine rings is 1. The number of hydrogen-bond donors (Lipinski definition) is 3. The van der Waals surface area contributed by atoms with Crippen molar-refractivity contribution < 1.29 is 4.74 Å². The standard InChI is InChI=1S/C21H26N6O/c22-21(24-23)16-7-8-19-18(14-16)20(26-25-19)15-5-4-6-17(13-15)28-12-11-27-9-2-1-3-10-27/h4-8,13-14H,1-3,9-12,23H2,(H2,22,24)(H,25,26). The van der Waals surface area contributed by atoms with Gasteiger partial charge in [0.15, 0.2) is 0 Å². The van der Waals surface area contributed by atoms with E-state index in [2.05, 4.69) is 20.2 Å². The van der Waals surface area contributed by atoms with Gasteiger partial charge in [-0.15, -0.1) is 0 Å². The summed E-state index contributed by atoms with van der Waals surface area (Å²) in [7, 11) is 0. The van der Waals surface area contributed by atoms with Gasteiger partial charge in [-0.3, -0.25) is 10.00 Å². The second-order valence-electron chi connectivity index (χ2n) is 7.13. The minimum absolute atomic E-state index is 0.295. The Labute approximate surface area is 164 Å². The molecule has 28 heavy (non-hydrogen) atoms. The fraction of sp³-hybridized carbons (Fsp3) is 0.333. The van der Waals surface area contributed by atoms with E-state index in [9.17, 15) is 0 Å². The molecule has 0 radical (unpaired) electrons. The number of rotatable bonds is 6. The van der Waals surface area contributed by atoms with Crippen molar-refractivity contribution in [3.05, 3.63) is 48.0 Å². The van der Waals surface area contributed by atoms with Crippen LogP contribution in [0.25, 0.3) is 22.2 Å². The smallest absolute Gasteiger partial charge is 0.150 e. The summed E-state index contributed by atoms with van der Waals surface area (Å²) < 4.78 is 6.00. The molecule has 4 rings (SSSR count). The van der Waals surface area contributed by atoms with Crippen LogP contribution in [0.15, 0.2) is 47.6 Å². The van der Waals surface area contributed by atoms with Crippen molar-refractivity contribution in [2.45, 2.75) is 19.3 Å². The molecule has 0 amide bonds. The molecule has 0 bridgehead atoms. The zero-order valence-electron chi connectivity index (χ0n) is 15.9. The van der Waals surface area contributed by atoms with E-state index in [4.69, 9.17) is 16.3 Å². The number of H-pyrrole nitrogens is 1. The van der Waals surface area contributed by atoms with Crippen molar-refractivity contribution in [3.63, 3.8) is 0 Å². The summed E-state index contributed by atoms with van der Waals surface area (Å²) in [6.45, 7) is 4.02. The molecule has 1 aromatic heterocycles. The number of nitrogens with zero attached hydrogens (tertiary/aromatic N) is 3. The maximum Gasteiger partial charge on any atom is 0.150 e. The molecule has 0 spiro atoms. The van der Waals surface area contributed by atoms with Crippen LogP contribution in [0, 0.1) is 0 Å². The van der Waals surface area contributed by atoms with Crippen LogP contribution in [-0.4, -0.2) is 47.2 Å². The highest BCUT2D eigenvalue weighted by Gasteiger charge is 2.12. The summed E-state index contributed by atoms with van der Waals surface area (Å²) in [5.41, 5.74) is 9.39. The second kappa shape index (κ2) is 8.31. The third-order valence-electron chi connectivity index (χ3n) is 5.23. The number of hydrazone groups is 1.